The quantitative estimate of drug-likeness (QED) is 0.522. The maximum absolute atomic E-state index is 12.4. The van der Waals surface area contributed by atoms with Crippen molar-refractivity contribution in [3.05, 3.63) is 68.0 Å². The molecule has 0 aliphatic rings. The molecule has 1 amide bonds. The first kappa shape index (κ1) is 16.4. The van der Waals surface area contributed by atoms with E-state index in [1.807, 2.05) is 23.6 Å². The summed E-state index contributed by atoms with van der Waals surface area (Å²) in [5, 5.41) is 11.4. The Kier molecular flexibility index (Phi) is 4.46. The molecule has 3 aromatic rings. The Morgan fingerprint density at radius 1 is 1.33 bits per heavy atom. The molecule has 0 saturated carbocycles. The predicted molar refractivity (Wildman–Crippen MR) is 93.5 cm³/mol. The molecule has 1 heterocycles. The zero-order chi connectivity index (χ0) is 17.3. The van der Waals surface area contributed by atoms with Gasteiger partial charge in [-0.3, -0.25) is 14.9 Å². The summed E-state index contributed by atoms with van der Waals surface area (Å²) in [5.74, 6) is -0.524. The van der Waals surface area contributed by atoms with E-state index in [0.29, 0.717) is 16.4 Å². The van der Waals surface area contributed by atoms with Crippen molar-refractivity contribution in [3.63, 3.8) is 0 Å². The number of non-ortho nitro benzene ring substituents is 1. The SMILES string of the molecule is CCn1c(=NC(=O)c2cccc([N+](=O)[O-])c2)sc2cccc(Cl)c21. The maximum atomic E-state index is 12.4. The predicted octanol–water partition coefficient (Wildman–Crippen LogP) is 4.03. The number of rotatable bonds is 3. The number of benzene rings is 2. The lowest BCUT2D eigenvalue weighted by Crippen LogP contribution is -2.16. The van der Waals surface area contributed by atoms with Gasteiger partial charge in [-0.2, -0.15) is 4.99 Å². The van der Waals surface area contributed by atoms with Gasteiger partial charge in [0.2, 0.25) is 0 Å². The number of carbonyl (C=O) groups is 1. The van der Waals surface area contributed by atoms with E-state index in [0.717, 1.165) is 10.2 Å². The van der Waals surface area contributed by atoms with E-state index in [-0.39, 0.29) is 11.3 Å². The van der Waals surface area contributed by atoms with Gasteiger partial charge in [0.1, 0.15) is 0 Å². The van der Waals surface area contributed by atoms with Gasteiger partial charge >= 0.3 is 0 Å². The Bertz CT molecular complexity index is 1020. The molecule has 0 spiro atoms. The number of nitro benzene ring substituents is 1. The molecule has 0 aliphatic carbocycles. The molecule has 0 aliphatic heterocycles. The van der Waals surface area contributed by atoms with Crippen molar-refractivity contribution >= 4 is 44.7 Å². The molecule has 3 rings (SSSR count). The van der Waals surface area contributed by atoms with E-state index in [1.165, 1.54) is 35.6 Å². The van der Waals surface area contributed by atoms with Crippen LogP contribution in [-0.4, -0.2) is 15.4 Å². The zero-order valence-corrected chi connectivity index (χ0v) is 14.2. The van der Waals surface area contributed by atoms with Crippen molar-refractivity contribution in [1.29, 1.82) is 0 Å². The van der Waals surface area contributed by atoms with Gasteiger partial charge in [-0.15, -0.1) is 0 Å². The van der Waals surface area contributed by atoms with Gasteiger partial charge in [-0.05, 0) is 25.1 Å². The molecule has 1 aromatic heterocycles. The molecule has 2 aromatic carbocycles. The number of para-hydroxylation sites is 1. The molecule has 8 heteroatoms. The number of carbonyl (C=O) groups excluding carboxylic acids is 1. The highest BCUT2D eigenvalue weighted by atomic mass is 35.5. The number of nitro groups is 1. The average molecular weight is 362 g/mol. The van der Waals surface area contributed by atoms with Gasteiger partial charge in [-0.25, -0.2) is 0 Å². The van der Waals surface area contributed by atoms with Crippen LogP contribution >= 0.6 is 22.9 Å². The lowest BCUT2D eigenvalue weighted by molar-refractivity contribution is -0.384. The van der Waals surface area contributed by atoms with Crippen molar-refractivity contribution in [2.45, 2.75) is 13.5 Å². The van der Waals surface area contributed by atoms with Gasteiger partial charge in [0.25, 0.3) is 11.6 Å². The summed E-state index contributed by atoms with van der Waals surface area (Å²) in [6, 6.07) is 11.1. The first-order chi connectivity index (χ1) is 11.5. The highest BCUT2D eigenvalue weighted by Gasteiger charge is 2.13. The fourth-order valence-corrected chi connectivity index (χ4v) is 3.82. The van der Waals surface area contributed by atoms with Crippen LogP contribution in [0.1, 0.15) is 17.3 Å². The highest BCUT2D eigenvalue weighted by Crippen LogP contribution is 2.25. The van der Waals surface area contributed by atoms with Crippen LogP contribution in [0, 0.1) is 10.1 Å². The van der Waals surface area contributed by atoms with Crippen molar-refractivity contribution in [1.82, 2.24) is 4.57 Å². The Morgan fingerprint density at radius 3 is 2.79 bits per heavy atom. The number of hydrogen-bond acceptors (Lipinski definition) is 4. The lowest BCUT2D eigenvalue weighted by Gasteiger charge is -2.01. The molecular weight excluding hydrogens is 350 g/mol. The van der Waals surface area contributed by atoms with Crippen LogP contribution in [-0.2, 0) is 6.54 Å². The van der Waals surface area contributed by atoms with Gasteiger partial charge in [0.05, 0.1) is 20.2 Å². The Morgan fingerprint density at radius 2 is 2.08 bits per heavy atom. The van der Waals surface area contributed by atoms with Crippen molar-refractivity contribution in [2.24, 2.45) is 4.99 Å². The van der Waals surface area contributed by atoms with E-state index in [9.17, 15) is 14.9 Å². The number of aromatic nitrogens is 1. The minimum atomic E-state index is -0.539. The second kappa shape index (κ2) is 6.54. The van der Waals surface area contributed by atoms with Crippen molar-refractivity contribution < 1.29 is 9.72 Å². The van der Waals surface area contributed by atoms with E-state index >= 15 is 0 Å². The Labute approximate surface area is 145 Å². The van der Waals surface area contributed by atoms with Crippen molar-refractivity contribution in [2.75, 3.05) is 0 Å². The van der Waals surface area contributed by atoms with Crippen LogP contribution in [0.25, 0.3) is 10.2 Å². The van der Waals surface area contributed by atoms with Crippen LogP contribution < -0.4 is 4.80 Å². The monoisotopic (exact) mass is 361 g/mol. The lowest BCUT2D eigenvalue weighted by atomic mass is 10.2. The van der Waals surface area contributed by atoms with Gasteiger partial charge < -0.3 is 4.57 Å². The minimum Gasteiger partial charge on any atom is -0.315 e. The normalized spacial score (nSPS) is 11.8. The molecule has 0 unspecified atom stereocenters. The second-order valence-electron chi connectivity index (χ2n) is 4.94. The third-order valence-electron chi connectivity index (χ3n) is 3.47. The van der Waals surface area contributed by atoms with E-state index in [1.54, 1.807) is 6.07 Å². The zero-order valence-electron chi connectivity index (χ0n) is 12.6. The van der Waals surface area contributed by atoms with E-state index in [4.69, 9.17) is 11.6 Å². The van der Waals surface area contributed by atoms with E-state index < -0.39 is 10.8 Å². The van der Waals surface area contributed by atoms with Crippen LogP contribution in [0.15, 0.2) is 47.5 Å². The largest absolute Gasteiger partial charge is 0.315 e. The molecule has 0 radical (unpaired) electrons. The summed E-state index contributed by atoms with van der Waals surface area (Å²) in [6.45, 7) is 2.54. The van der Waals surface area contributed by atoms with Crippen LogP contribution in [0.5, 0.6) is 0 Å². The first-order valence-corrected chi connectivity index (χ1v) is 8.32. The fraction of sp³-hybridized carbons (Fsp3) is 0.125. The number of thiazole rings is 1. The summed E-state index contributed by atoms with van der Waals surface area (Å²) in [4.78, 5) is 27.3. The van der Waals surface area contributed by atoms with Gasteiger partial charge in [0, 0.05) is 24.2 Å². The molecule has 122 valence electrons. The summed E-state index contributed by atoms with van der Waals surface area (Å²) >= 11 is 7.60. The highest BCUT2D eigenvalue weighted by molar-refractivity contribution is 7.16. The standard InChI is InChI=1S/C16H12ClN3O3S/c1-2-19-14-12(17)7-4-8-13(14)24-16(19)18-15(21)10-5-3-6-11(9-10)20(22)23/h3-9H,2H2,1H3. The topological polar surface area (TPSA) is 77.5 Å². The molecule has 0 bridgehead atoms. The Balaban J connectivity index is 2.13. The molecular formula is C16H12ClN3O3S. The van der Waals surface area contributed by atoms with Gasteiger partial charge in [0.15, 0.2) is 4.80 Å². The number of amides is 1. The average Bonchev–Trinajstić information content (AvgIpc) is 2.93. The van der Waals surface area contributed by atoms with Crippen LogP contribution in [0.2, 0.25) is 5.02 Å². The van der Waals surface area contributed by atoms with E-state index in [2.05, 4.69) is 4.99 Å². The fourth-order valence-electron chi connectivity index (χ4n) is 2.37. The summed E-state index contributed by atoms with van der Waals surface area (Å²) in [6.07, 6.45) is 0. The number of nitrogens with zero attached hydrogens (tertiary/aromatic N) is 3. The second-order valence-corrected chi connectivity index (χ2v) is 6.36. The third-order valence-corrected chi connectivity index (χ3v) is 4.82. The molecule has 0 N–H and O–H groups in total. The minimum absolute atomic E-state index is 0.140. The summed E-state index contributed by atoms with van der Waals surface area (Å²) < 4.78 is 2.78. The third kappa shape index (κ3) is 2.95. The van der Waals surface area contributed by atoms with Crippen LogP contribution in [0.3, 0.4) is 0 Å². The number of hydrogen-bond donors (Lipinski definition) is 0. The maximum Gasteiger partial charge on any atom is 0.279 e. The smallest absolute Gasteiger partial charge is 0.279 e. The molecule has 6 nitrogen and oxygen atoms in total. The molecule has 0 atom stereocenters. The number of aryl methyl sites for hydroxylation is 1. The summed E-state index contributed by atoms with van der Waals surface area (Å²) in [5.41, 5.74) is 0.867. The number of halogens is 1. The summed E-state index contributed by atoms with van der Waals surface area (Å²) in [7, 11) is 0. The first-order valence-electron chi connectivity index (χ1n) is 7.12. The molecule has 0 fully saturated rings. The Hall–Kier alpha value is -2.51. The van der Waals surface area contributed by atoms with Gasteiger partial charge in [-0.1, -0.05) is 35.1 Å². The molecule has 24 heavy (non-hydrogen) atoms. The number of fused-ring (bicyclic) bond motifs is 1. The molecule has 0 saturated heterocycles. The van der Waals surface area contributed by atoms with Crippen molar-refractivity contribution in [3.8, 4) is 0 Å². The van der Waals surface area contributed by atoms with Crippen LogP contribution in [0.4, 0.5) is 5.69 Å².